The van der Waals surface area contributed by atoms with Crippen LogP contribution >= 0.6 is 0 Å². The van der Waals surface area contributed by atoms with E-state index in [1.54, 1.807) is 0 Å². The molecule has 0 amide bonds. The van der Waals surface area contributed by atoms with E-state index in [0.29, 0.717) is 5.69 Å². The fraction of sp³-hybridized carbons (Fsp3) is 0.393. The molecule has 0 atom stereocenters. The summed E-state index contributed by atoms with van der Waals surface area (Å²) in [7, 11) is 0. The summed E-state index contributed by atoms with van der Waals surface area (Å²) >= 11 is 0. The van der Waals surface area contributed by atoms with E-state index in [0.717, 1.165) is 23.7 Å². The first-order chi connectivity index (χ1) is 14.6. The van der Waals surface area contributed by atoms with E-state index in [2.05, 4.69) is 50.2 Å². The van der Waals surface area contributed by atoms with Gasteiger partial charge in [0.2, 0.25) is 0 Å². The van der Waals surface area contributed by atoms with Gasteiger partial charge in [-0.25, -0.2) is 4.98 Å². The van der Waals surface area contributed by atoms with Crippen LogP contribution in [-0.2, 0) is 12.8 Å². The molecule has 0 unspecified atom stereocenters. The minimum Gasteiger partial charge on any atom is -0.506 e. The van der Waals surface area contributed by atoms with Gasteiger partial charge in [-0.05, 0) is 66.0 Å². The molecule has 0 radical (unpaired) electrons. The molecule has 0 aliphatic rings. The maximum absolute atomic E-state index is 10.3. The van der Waals surface area contributed by atoms with E-state index in [1.165, 1.54) is 71.2 Å². The van der Waals surface area contributed by atoms with E-state index in [-0.39, 0.29) is 5.75 Å². The highest BCUT2D eigenvalue weighted by Crippen LogP contribution is 2.37. The number of hydrogen-bond acceptors (Lipinski definition) is 2. The lowest BCUT2D eigenvalue weighted by Gasteiger charge is -2.14. The second kappa shape index (κ2) is 9.04. The van der Waals surface area contributed by atoms with Gasteiger partial charge in [0.1, 0.15) is 5.75 Å². The zero-order valence-electron chi connectivity index (χ0n) is 18.6. The molecule has 0 bridgehead atoms. The number of benzene rings is 3. The van der Waals surface area contributed by atoms with Crippen molar-refractivity contribution in [3.63, 3.8) is 0 Å². The van der Waals surface area contributed by atoms with Crippen molar-refractivity contribution >= 4 is 32.4 Å². The Balaban J connectivity index is 1.95. The van der Waals surface area contributed by atoms with Gasteiger partial charge < -0.3 is 5.11 Å². The van der Waals surface area contributed by atoms with Gasteiger partial charge >= 0.3 is 0 Å². The van der Waals surface area contributed by atoms with Crippen LogP contribution in [0.1, 0.15) is 69.2 Å². The number of unbranched alkanes of at least 4 members (excludes halogenated alkanes) is 4. The quantitative estimate of drug-likeness (QED) is 0.240. The summed E-state index contributed by atoms with van der Waals surface area (Å²) in [6, 6.07) is 15.6. The van der Waals surface area contributed by atoms with Gasteiger partial charge in [0.05, 0.1) is 11.2 Å². The summed E-state index contributed by atoms with van der Waals surface area (Å²) < 4.78 is 0. The average molecular weight is 400 g/mol. The van der Waals surface area contributed by atoms with E-state index < -0.39 is 0 Å². The van der Waals surface area contributed by atoms with Gasteiger partial charge in [0.15, 0.2) is 0 Å². The van der Waals surface area contributed by atoms with Crippen molar-refractivity contribution in [2.45, 2.75) is 72.1 Å². The number of pyridine rings is 1. The number of hydrogen-bond donors (Lipinski definition) is 1. The molecular weight excluding hydrogens is 366 g/mol. The summed E-state index contributed by atoms with van der Waals surface area (Å²) in [6.07, 6.45) is 9.76. The van der Waals surface area contributed by atoms with Crippen molar-refractivity contribution in [1.29, 1.82) is 0 Å². The molecule has 0 aliphatic heterocycles. The SMILES string of the molecule is CCCCCc1ccc2c(c1)c1cc(CCCCC)ccc1c1nc(C)c(O)cc21. The zero-order chi connectivity index (χ0) is 21.1. The lowest BCUT2D eigenvalue weighted by molar-refractivity contribution is 0.469. The molecule has 4 aromatic rings. The second-order valence-electron chi connectivity index (χ2n) is 8.66. The van der Waals surface area contributed by atoms with Gasteiger partial charge in [0, 0.05) is 10.8 Å². The number of aryl methyl sites for hydroxylation is 3. The van der Waals surface area contributed by atoms with Crippen LogP contribution in [-0.4, -0.2) is 10.1 Å². The van der Waals surface area contributed by atoms with E-state index in [1.807, 2.05) is 13.0 Å². The molecule has 0 saturated carbocycles. The molecule has 3 aromatic carbocycles. The van der Waals surface area contributed by atoms with E-state index in [9.17, 15) is 5.11 Å². The summed E-state index contributed by atoms with van der Waals surface area (Å²) in [5, 5.41) is 16.3. The van der Waals surface area contributed by atoms with Crippen molar-refractivity contribution in [2.24, 2.45) is 0 Å². The van der Waals surface area contributed by atoms with Crippen LogP contribution in [0, 0.1) is 6.92 Å². The Morgan fingerprint density at radius 1 is 0.667 bits per heavy atom. The van der Waals surface area contributed by atoms with Crippen molar-refractivity contribution in [3.05, 3.63) is 59.3 Å². The number of fused-ring (bicyclic) bond motifs is 6. The molecule has 4 rings (SSSR count). The fourth-order valence-corrected chi connectivity index (χ4v) is 4.54. The van der Waals surface area contributed by atoms with Gasteiger partial charge in [0.25, 0.3) is 0 Å². The third-order valence-electron chi connectivity index (χ3n) is 6.33. The first kappa shape index (κ1) is 20.7. The molecule has 0 fully saturated rings. The van der Waals surface area contributed by atoms with Crippen molar-refractivity contribution < 1.29 is 5.11 Å². The Labute approximate surface area is 180 Å². The zero-order valence-corrected chi connectivity index (χ0v) is 18.6. The Hall–Kier alpha value is -2.61. The number of nitrogens with zero attached hydrogens (tertiary/aromatic N) is 1. The third kappa shape index (κ3) is 4.01. The van der Waals surface area contributed by atoms with Gasteiger partial charge in [-0.2, -0.15) is 0 Å². The summed E-state index contributed by atoms with van der Waals surface area (Å²) in [5.74, 6) is 0.270. The fourth-order valence-electron chi connectivity index (χ4n) is 4.54. The monoisotopic (exact) mass is 399 g/mol. The van der Waals surface area contributed by atoms with Crippen LogP contribution in [0.2, 0.25) is 0 Å². The molecule has 30 heavy (non-hydrogen) atoms. The molecule has 1 aromatic heterocycles. The van der Waals surface area contributed by atoms with Crippen molar-refractivity contribution in [1.82, 2.24) is 4.98 Å². The van der Waals surface area contributed by atoms with Crippen LogP contribution in [0.4, 0.5) is 0 Å². The van der Waals surface area contributed by atoms with Crippen molar-refractivity contribution in [3.8, 4) is 5.75 Å². The van der Waals surface area contributed by atoms with Gasteiger partial charge in [-0.1, -0.05) is 75.9 Å². The van der Waals surface area contributed by atoms with E-state index in [4.69, 9.17) is 4.98 Å². The molecule has 2 nitrogen and oxygen atoms in total. The van der Waals surface area contributed by atoms with Gasteiger partial charge in [-0.15, -0.1) is 0 Å². The maximum atomic E-state index is 10.3. The van der Waals surface area contributed by atoms with Crippen LogP contribution in [0.3, 0.4) is 0 Å². The summed E-state index contributed by atoms with van der Waals surface area (Å²) in [5.41, 5.74) is 4.48. The van der Waals surface area contributed by atoms with Crippen LogP contribution in [0.25, 0.3) is 32.4 Å². The normalized spacial score (nSPS) is 11.7. The highest BCUT2D eigenvalue weighted by Gasteiger charge is 2.13. The lowest BCUT2D eigenvalue weighted by atomic mass is 9.92. The lowest BCUT2D eigenvalue weighted by Crippen LogP contribution is -1.93. The topological polar surface area (TPSA) is 33.1 Å². The van der Waals surface area contributed by atoms with Crippen molar-refractivity contribution in [2.75, 3.05) is 0 Å². The first-order valence-electron chi connectivity index (χ1n) is 11.6. The molecule has 1 N–H and O–H groups in total. The largest absolute Gasteiger partial charge is 0.506 e. The number of aromatic hydroxyl groups is 1. The molecule has 2 heteroatoms. The smallest absolute Gasteiger partial charge is 0.137 e. The molecule has 1 heterocycles. The molecule has 156 valence electrons. The minimum atomic E-state index is 0.270. The summed E-state index contributed by atoms with van der Waals surface area (Å²) in [6.45, 7) is 6.38. The molecule has 0 aliphatic carbocycles. The van der Waals surface area contributed by atoms with E-state index >= 15 is 0 Å². The summed E-state index contributed by atoms with van der Waals surface area (Å²) in [4.78, 5) is 4.79. The predicted octanol–water partition coefficient (Wildman–Crippen LogP) is 8.02. The van der Waals surface area contributed by atoms with Gasteiger partial charge in [-0.3, -0.25) is 0 Å². The molecule has 0 saturated heterocycles. The minimum absolute atomic E-state index is 0.270. The number of rotatable bonds is 8. The Bertz CT molecular complexity index is 1100. The highest BCUT2D eigenvalue weighted by molar-refractivity contribution is 6.24. The maximum Gasteiger partial charge on any atom is 0.137 e. The molecular formula is C28H33NO. The van der Waals surface area contributed by atoms with Crippen LogP contribution in [0.15, 0.2) is 42.5 Å². The average Bonchev–Trinajstić information content (AvgIpc) is 2.75. The Morgan fingerprint density at radius 3 is 1.83 bits per heavy atom. The van der Waals surface area contributed by atoms with Crippen LogP contribution < -0.4 is 0 Å². The molecule has 0 spiro atoms. The third-order valence-corrected chi connectivity index (χ3v) is 6.33. The van der Waals surface area contributed by atoms with Crippen LogP contribution in [0.5, 0.6) is 5.75 Å². The standard InChI is InChI=1S/C28H33NO/c1-4-6-8-10-20-12-14-22-24(16-20)25-17-21(11-9-7-5-2)13-15-23(25)28-26(22)18-27(30)19(3)29-28/h12-18,30H,4-11H2,1-3H3. The Morgan fingerprint density at radius 2 is 1.23 bits per heavy atom. The first-order valence-corrected chi connectivity index (χ1v) is 11.6. The predicted molar refractivity (Wildman–Crippen MR) is 130 cm³/mol. The number of aromatic nitrogens is 1. The highest BCUT2D eigenvalue weighted by atomic mass is 16.3. The Kier molecular flexibility index (Phi) is 6.22. The second-order valence-corrected chi connectivity index (χ2v) is 8.66.